The van der Waals surface area contributed by atoms with Gasteiger partial charge in [0.25, 0.3) is 0 Å². The molecule has 1 saturated heterocycles. The van der Waals surface area contributed by atoms with E-state index in [-0.39, 0.29) is 6.03 Å². The highest BCUT2D eigenvalue weighted by Gasteiger charge is 2.28. The molecule has 3 heterocycles. The van der Waals surface area contributed by atoms with Gasteiger partial charge in [-0.05, 0) is 61.4 Å². The maximum Gasteiger partial charge on any atom is 0.321 e. The van der Waals surface area contributed by atoms with Crippen molar-refractivity contribution in [1.29, 1.82) is 5.26 Å². The summed E-state index contributed by atoms with van der Waals surface area (Å²) < 4.78 is 0. The molecule has 2 amide bonds. The molecule has 1 fully saturated rings. The number of aryl methyl sites for hydroxylation is 2. The molecule has 8 heteroatoms. The number of nitrogens with one attached hydrogen (secondary N) is 1. The lowest BCUT2D eigenvalue weighted by molar-refractivity contribution is 0.208. The Morgan fingerprint density at radius 1 is 1.21 bits per heavy atom. The standard InChI is InChI=1S/C26H30N6OS/c1-3-4-22-29-24(23-20-10-5-17(2)15-21(20)34-25(23)30-22)31-11-13-32(14-12-31)26(33)28-19-8-6-18(16-27)7-9-19/h6-9,17H,3-5,10-15H2,1-2H3,(H,28,33)/t17-/m1/s1. The van der Waals surface area contributed by atoms with Crippen LogP contribution in [0.15, 0.2) is 24.3 Å². The number of nitrogens with zero attached hydrogens (tertiary/aromatic N) is 5. The summed E-state index contributed by atoms with van der Waals surface area (Å²) >= 11 is 1.86. The number of benzene rings is 1. The van der Waals surface area contributed by atoms with Crippen LogP contribution in [0.4, 0.5) is 16.3 Å². The Bertz CT molecular complexity index is 1240. The van der Waals surface area contributed by atoms with Crippen LogP contribution in [0.1, 0.15) is 48.5 Å². The zero-order valence-electron chi connectivity index (χ0n) is 19.8. The molecule has 2 aromatic heterocycles. The van der Waals surface area contributed by atoms with Gasteiger partial charge in [-0.3, -0.25) is 0 Å². The van der Waals surface area contributed by atoms with E-state index in [1.807, 2.05) is 16.2 Å². The smallest absolute Gasteiger partial charge is 0.321 e. The van der Waals surface area contributed by atoms with Gasteiger partial charge in [0, 0.05) is 43.2 Å². The molecule has 1 aliphatic carbocycles. The summed E-state index contributed by atoms with van der Waals surface area (Å²) in [4.78, 5) is 29.6. The van der Waals surface area contributed by atoms with Crippen LogP contribution in [-0.4, -0.2) is 47.1 Å². The fourth-order valence-corrected chi connectivity index (χ4v) is 6.28. The van der Waals surface area contributed by atoms with E-state index in [0.717, 1.165) is 61.2 Å². The van der Waals surface area contributed by atoms with Gasteiger partial charge in [0.1, 0.15) is 16.5 Å². The maximum absolute atomic E-state index is 12.8. The summed E-state index contributed by atoms with van der Waals surface area (Å²) in [6, 6.07) is 8.94. The molecule has 5 rings (SSSR count). The zero-order valence-corrected chi connectivity index (χ0v) is 20.6. The van der Waals surface area contributed by atoms with Crippen molar-refractivity contribution in [2.24, 2.45) is 5.92 Å². The molecule has 0 saturated carbocycles. The van der Waals surface area contributed by atoms with Crippen molar-refractivity contribution >= 4 is 39.1 Å². The first-order valence-electron chi connectivity index (χ1n) is 12.2. The second-order valence-electron chi connectivity index (χ2n) is 9.34. The Morgan fingerprint density at radius 3 is 2.68 bits per heavy atom. The number of urea groups is 1. The number of thiophene rings is 1. The first-order valence-corrected chi connectivity index (χ1v) is 13.0. The van der Waals surface area contributed by atoms with Gasteiger partial charge in [0.2, 0.25) is 0 Å². The van der Waals surface area contributed by atoms with Crippen molar-refractivity contribution in [2.75, 3.05) is 36.4 Å². The first kappa shape index (κ1) is 22.6. The summed E-state index contributed by atoms with van der Waals surface area (Å²) in [5.41, 5.74) is 2.74. The molecule has 1 aromatic carbocycles. The lowest BCUT2D eigenvalue weighted by Gasteiger charge is -2.36. The Balaban J connectivity index is 1.34. The molecule has 0 radical (unpaired) electrons. The summed E-state index contributed by atoms with van der Waals surface area (Å²) in [6.45, 7) is 7.28. The van der Waals surface area contributed by atoms with Crippen molar-refractivity contribution in [1.82, 2.24) is 14.9 Å². The van der Waals surface area contributed by atoms with Gasteiger partial charge in [0.05, 0.1) is 17.0 Å². The number of anilines is 2. The van der Waals surface area contributed by atoms with Crippen LogP contribution in [0, 0.1) is 17.2 Å². The van der Waals surface area contributed by atoms with Gasteiger partial charge < -0.3 is 15.1 Å². The fraction of sp³-hybridized carbons (Fsp3) is 0.462. The Hall–Kier alpha value is -3.18. The number of fused-ring (bicyclic) bond motifs is 3. The molecule has 176 valence electrons. The maximum atomic E-state index is 12.8. The molecule has 1 N–H and O–H groups in total. The monoisotopic (exact) mass is 474 g/mol. The van der Waals surface area contributed by atoms with E-state index in [1.165, 1.54) is 22.2 Å². The predicted molar refractivity (Wildman–Crippen MR) is 137 cm³/mol. The second-order valence-corrected chi connectivity index (χ2v) is 10.4. The minimum atomic E-state index is -0.106. The van der Waals surface area contributed by atoms with Crippen LogP contribution in [0.25, 0.3) is 10.2 Å². The normalized spacial score (nSPS) is 18.0. The van der Waals surface area contributed by atoms with E-state index < -0.39 is 0 Å². The number of piperazine rings is 1. The van der Waals surface area contributed by atoms with Gasteiger partial charge in [-0.2, -0.15) is 5.26 Å². The minimum Gasteiger partial charge on any atom is -0.352 e. The third-order valence-electron chi connectivity index (χ3n) is 6.79. The Morgan fingerprint density at radius 2 is 1.97 bits per heavy atom. The second kappa shape index (κ2) is 9.59. The van der Waals surface area contributed by atoms with E-state index in [1.54, 1.807) is 24.3 Å². The zero-order chi connectivity index (χ0) is 23.7. The number of nitriles is 1. The van der Waals surface area contributed by atoms with E-state index in [4.69, 9.17) is 15.2 Å². The number of hydrogen-bond acceptors (Lipinski definition) is 6. The lowest BCUT2D eigenvalue weighted by atomic mass is 9.89. The average molecular weight is 475 g/mol. The topological polar surface area (TPSA) is 85.2 Å². The molecule has 0 bridgehead atoms. The third-order valence-corrected chi connectivity index (χ3v) is 7.94. The average Bonchev–Trinajstić information content (AvgIpc) is 3.21. The van der Waals surface area contributed by atoms with Crippen LogP contribution in [0.3, 0.4) is 0 Å². The molecule has 3 aromatic rings. The number of hydrogen-bond donors (Lipinski definition) is 1. The van der Waals surface area contributed by atoms with Gasteiger partial charge in [0.15, 0.2) is 0 Å². The van der Waals surface area contributed by atoms with Crippen LogP contribution >= 0.6 is 11.3 Å². The van der Waals surface area contributed by atoms with Crippen LogP contribution in [0.5, 0.6) is 0 Å². The van der Waals surface area contributed by atoms with Gasteiger partial charge >= 0.3 is 6.03 Å². The van der Waals surface area contributed by atoms with Crippen LogP contribution < -0.4 is 10.2 Å². The molecule has 34 heavy (non-hydrogen) atoms. The molecule has 7 nitrogen and oxygen atoms in total. The minimum absolute atomic E-state index is 0.106. The highest BCUT2D eigenvalue weighted by atomic mass is 32.1. The molecular formula is C26H30N6OS. The van der Waals surface area contributed by atoms with E-state index in [2.05, 4.69) is 30.1 Å². The van der Waals surface area contributed by atoms with Crippen LogP contribution in [0.2, 0.25) is 0 Å². The number of rotatable bonds is 4. The number of carbonyl (C=O) groups is 1. The van der Waals surface area contributed by atoms with Gasteiger partial charge in [-0.25, -0.2) is 14.8 Å². The van der Waals surface area contributed by atoms with E-state index >= 15 is 0 Å². The Kier molecular flexibility index (Phi) is 6.38. The number of aromatic nitrogens is 2. The SMILES string of the molecule is CCCc1nc(N2CCN(C(=O)Nc3ccc(C#N)cc3)CC2)c2c3c(sc2n1)C[C@H](C)CC3. The molecule has 0 unspecified atom stereocenters. The molecule has 0 spiro atoms. The van der Waals surface area contributed by atoms with Crippen molar-refractivity contribution in [3.05, 3.63) is 46.1 Å². The summed E-state index contributed by atoms with van der Waals surface area (Å²) in [7, 11) is 0. The van der Waals surface area contributed by atoms with Gasteiger partial charge in [-0.1, -0.05) is 13.8 Å². The third kappa shape index (κ3) is 4.45. The summed E-state index contributed by atoms with van der Waals surface area (Å²) in [5.74, 6) is 2.72. The highest BCUT2D eigenvalue weighted by Crippen LogP contribution is 2.41. The Labute approximate surface area is 204 Å². The number of carbonyl (C=O) groups excluding carboxylic acids is 1. The van der Waals surface area contributed by atoms with E-state index in [9.17, 15) is 4.79 Å². The van der Waals surface area contributed by atoms with Crippen molar-refractivity contribution < 1.29 is 4.79 Å². The predicted octanol–water partition coefficient (Wildman–Crippen LogP) is 4.99. The molecule has 1 atom stereocenters. The van der Waals surface area contributed by atoms with Crippen molar-refractivity contribution in [3.63, 3.8) is 0 Å². The fourth-order valence-electron chi connectivity index (χ4n) is 4.88. The highest BCUT2D eigenvalue weighted by molar-refractivity contribution is 7.19. The summed E-state index contributed by atoms with van der Waals surface area (Å²) in [6.07, 6.45) is 5.37. The van der Waals surface area contributed by atoms with Crippen molar-refractivity contribution in [3.8, 4) is 6.07 Å². The quantitative estimate of drug-likeness (QED) is 0.575. The molecular weight excluding hydrogens is 444 g/mol. The van der Waals surface area contributed by atoms with Crippen molar-refractivity contribution in [2.45, 2.75) is 46.0 Å². The summed E-state index contributed by atoms with van der Waals surface area (Å²) in [5, 5.41) is 13.2. The van der Waals surface area contributed by atoms with Crippen LogP contribution in [-0.2, 0) is 19.3 Å². The number of amides is 2. The largest absolute Gasteiger partial charge is 0.352 e. The first-order chi connectivity index (χ1) is 16.6. The van der Waals surface area contributed by atoms with E-state index in [0.29, 0.717) is 24.3 Å². The van der Waals surface area contributed by atoms with Gasteiger partial charge in [-0.15, -0.1) is 11.3 Å². The molecule has 1 aliphatic heterocycles. The lowest BCUT2D eigenvalue weighted by Crippen LogP contribution is -2.50. The molecule has 2 aliphatic rings.